The van der Waals surface area contributed by atoms with Crippen LogP contribution in [-0.2, 0) is 33.5 Å². The van der Waals surface area contributed by atoms with E-state index in [0.717, 1.165) is 25.7 Å². The first kappa shape index (κ1) is 18.6. The van der Waals surface area contributed by atoms with Crippen molar-refractivity contribution in [2.24, 2.45) is 23.7 Å². The third-order valence-electron chi connectivity index (χ3n) is 6.73. The van der Waals surface area contributed by atoms with Crippen molar-refractivity contribution in [3.63, 3.8) is 0 Å². The molecule has 5 rings (SSSR count). The average Bonchev–Trinajstić information content (AvgIpc) is 2.83. The largest absolute Gasteiger partial charge is 0.466 e. The van der Waals surface area contributed by atoms with Gasteiger partial charge in [-0.05, 0) is 39.0 Å². The molecule has 26 heavy (non-hydrogen) atoms. The Kier molecular flexibility index (Phi) is 4.80. The predicted molar refractivity (Wildman–Crippen MR) is 89.4 cm³/mol. The number of esters is 1. The van der Waals surface area contributed by atoms with Crippen molar-refractivity contribution in [2.75, 3.05) is 13.2 Å². The summed E-state index contributed by atoms with van der Waals surface area (Å²) in [5.74, 6) is -0.327. The van der Waals surface area contributed by atoms with Crippen LogP contribution in [0, 0.1) is 23.7 Å². The van der Waals surface area contributed by atoms with Crippen molar-refractivity contribution < 1.29 is 33.5 Å². The lowest BCUT2D eigenvalue weighted by molar-refractivity contribution is -0.577. The minimum absolute atomic E-state index is 0.153. The number of carbonyl (C=O) groups excluding carboxylic acids is 1. The monoisotopic (exact) mass is 370 g/mol. The number of ether oxygens (including phenoxy) is 4. The van der Waals surface area contributed by atoms with Gasteiger partial charge in [0, 0.05) is 37.7 Å². The molecule has 7 nitrogen and oxygen atoms in total. The van der Waals surface area contributed by atoms with Gasteiger partial charge in [-0.1, -0.05) is 6.92 Å². The Bertz CT molecular complexity index is 554. The van der Waals surface area contributed by atoms with Gasteiger partial charge < -0.3 is 18.9 Å². The lowest BCUT2D eigenvalue weighted by Gasteiger charge is -2.60. The van der Waals surface area contributed by atoms with Crippen LogP contribution in [0.4, 0.5) is 0 Å². The van der Waals surface area contributed by atoms with E-state index in [4.69, 9.17) is 28.7 Å². The van der Waals surface area contributed by atoms with Gasteiger partial charge in [0.15, 0.2) is 18.2 Å². The van der Waals surface area contributed by atoms with Gasteiger partial charge in [-0.3, -0.25) is 4.79 Å². The molecule has 4 heterocycles. The standard InChI is InChI=1S/C19H30O7/c1-5-21-16-11(2)14-7-6-13(10-22-12(3)20)15-8-9-18(4)24-17(23-16)19(14,15)26-25-18/h11,13-17H,5-10H2,1-4H3. The third kappa shape index (κ3) is 2.79. The van der Waals surface area contributed by atoms with Crippen LogP contribution in [0.3, 0.4) is 0 Å². The normalized spacial score (nSPS) is 50.0. The van der Waals surface area contributed by atoms with E-state index < -0.39 is 17.7 Å². The number of hydrogen-bond acceptors (Lipinski definition) is 7. The maximum absolute atomic E-state index is 11.3. The van der Waals surface area contributed by atoms with E-state index in [2.05, 4.69) is 6.92 Å². The molecular weight excluding hydrogens is 340 g/mol. The molecular formula is C19H30O7. The smallest absolute Gasteiger partial charge is 0.302 e. The van der Waals surface area contributed by atoms with E-state index in [1.807, 2.05) is 13.8 Å². The van der Waals surface area contributed by atoms with Crippen LogP contribution in [0.2, 0.25) is 0 Å². The molecule has 0 aromatic carbocycles. The summed E-state index contributed by atoms with van der Waals surface area (Å²) in [4.78, 5) is 23.2. The second kappa shape index (κ2) is 6.71. The minimum Gasteiger partial charge on any atom is -0.466 e. The van der Waals surface area contributed by atoms with E-state index >= 15 is 0 Å². The van der Waals surface area contributed by atoms with Crippen LogP contribution in [-0.4, -0.2) is 43.2 Å². The number of fused-ring (bicyclic) bond motifs is 2. The zero-order valence-corrected chi connectivity index (χ0v) is 16.1. The summed E-state index contributed by atoms with van der Waals surface area (Å²) in [5, 5.41) is 0. The fraction of sp³-hybridized carbons (Fsp3) is 0.947. The summed E-state index contributed by atoms with van der Waals surface area (Å²) in [5.41, 5.74) is -0.675. The summed E-state index contributed by atoms with van der Waals surface area (Å²) in [6.07, 6.45) is 2.70. The summed E-state index contributed by atoms with van der Waals surface area (Å²) >= 11 is 0. The van der Waals surface area contributed by atoms with Gasteiger partial charge >= 0.3 is 5.97 Å². The molecule has 7 heteroatoms. The molecule has 2 bridgehead atoms. The van der Waals surface area contributed by atoms with Crippen molar-refractivity contribution in [2.45, 2.75) is 77.3 Å². The highest BCUT2D eigenvalue weighted by atomic mass is 17.3. The molecule has 0 N–H and O–H groups in total. The molecule has 4 saturated heterocycles. The Morgan fingerprint density at radius 2 is 2.00 bits per heavy atom. The minimum atomic E-state index is -0.818. The second-order valence-corrected chi connectivity index (χ2v) is 8.31. The summed E-state index contributed by atoms with van der Waals surface area (Å²) in [6.45, 7) is 8.47. The van der Waals surface area contributed by atoms with Gasteiger partial charge in [0.2, 0.25) is 5.79 Å². The number of hydrogen-bond donors (Lipinski definition) is 0. The summed E-state index contributed by atoms with van der Waals surface area (Å²) in [6, 6.07) is 0. The highest BCUT2D eigenvalue weighted by Crippen LogP contribution is 2.60. The molecule has 0 aromatic rings. The Hall–Kier alpha value is -0.730. The van der Waals surface area contributed by atoms with Crippen molar-refractivity contribution in [1.82, 2.24) is 0 Å². The van der Waals surface area contributed by atoms with Gasteiger partial charge in [-0.2, -0.15) is 0 Å². The average molecular weight is 370 g/mol. The maximum atomic E-state index is 11.3. The topological polar surface area (TPSA) is 72.5 Å². The molecule has 1 saturated carbocycles. The first-order valence-corrected chi connectivity index (χ1v) is 9.84. The second-order valence-electron chi connectivity index (χ2n) is 8.31. The van der Waals surface area contributed by atoms with E-state index in [1.54, 1.807) is 0 Å². The van der Waals surface area contributed by atoms with Crippen molar-refractivity contribution in [3.8, 4) is 0 Å². The highest BCUT2D eigenvalue weighted by molar-refractivity contribution is 5.65. The highest BCUT2D eigenvalue weighted by Gasteiger charge is 2.70. The Labute approximate surface area is 154 Å². The molecule has 5 aliphatic rings. The van der Waals surface area contributed by atoms with Crippen LogP contribution in [0.15, 0.2) is 0 Å². The Morgan fingerprint density at radius 3 is 2.73 bits per heavy atom. The van der Waals surface area contributed by atoms with E-state index in [1.165, 1.54) is 6.92 Å². The van der Waals surface area contributed by atoms with Crippen LogP contribution in [0.5, 0.6) is 0 Å². The molecule has 148 valence electrons. The van der Waals surface area contributed by atoms with Gasteiger partial charge in [-0.25, -0.2) is 9.78 Å². The molecule has 1 aliphatic carbocycles. The van der Waals surface area contributed by atoms with E-state index in [0.29, 0.717) is 13.2 Å². The molecule has 8 unspecified atom stereocenters. The quantitative estimate of drug-likeness (QED) is 0.556. The first-order valence-electron chi connectivity index (χ1n) is 9.84. The van der Waals surface area contributed by atoms with Gasteiger partial charge in [0.05, 0.1) is 6.61 Å². The van der Waals surface area contributed by atoms with Crippen LogP contribution >= 0.6 is 0 Å². The van der Waals surface area contributed by atoms with Crippen molar-refractivity contribution in [3.05, 3.63) is 0 Å². The Morgan fingerprint density at radius 1 is 1.19 bits per heavy atom. The molecule has 5 fully saturated rings. The van der Waals surface area contributed by atoms with Crippen LogP contribution in [0.25, 0.3) is 0 Å². The van der Waals surface area contributed by atoms with Crippen molar-refractivity contribution in [1.29, 1.82) is 0 Å². The lowest BCUT2D eigenvalue weighted by atomic mass is 9.58. The molecule has 0 aromatic heterocycles. The zero-order valence-electron chi connectivity index (χ0n) is 16.1. The van der Waals surface area contributed by atoms with Crippen LogP contribution < -0.4 is 0 Å². The summed E-state index contributed by atoms with van der Waals surface area (Å²) < 4.78 is 23.8. The molecule has 0 amide bonds. The summed E-state index contributed by atoms with van der Waals surface area (Å²) in [7, 11) is 0. The molecule has 4 aliphatic heterocycles. The number of carbonyl (C=O) groups is 1. The fourth-order valence-electron chi connectivity index (χ4n) is 5.48. The van der Waals surface area contributed by atoms with E-state index in [-0.39, 0.29) is 35.9 Å². The zero-order chi connectivity index (χ0) is 18.5. The SMILES string of the molecule is CCOC1OC2OC3(C)CCC4C(COC(C)=O)CCC(C1C)C24OO3. The van der Waals surface area contributed by atoms with Gasteiger partial charge in [0.25, 0.3) is 0 Å². The molecule has 0 radical (unpaired) electrons. The third-order valence-corrected chi connectivity index (χ3v) is 6.73. The number of rotatable bonds is 4. The van der Waals surface area contributed by atoms with E-state index in [9.17, 15) is 4.79 Å². The van der Waals surface area contributed by atoms with Gasteiger partial charge in [0.1, 0.15) is 0 Å². The molecule has 1 spiro atoms. The Balaban J connectivity index is 1.68. The van der Waals surface area contributed by atoms with Gasteiger partial charge in [-0.15, -0.1) is 0 Å². The first-order chi connectivity index (χ1) is 12.4. The maximum Gasteiger partial charge on any atom is 0.302 e. The lowest BCUT2D eigenvalue weighted by Crippen LogP contribution is -2.70. The van der Waals surface area contributed by atoms with Crippen LogP contribution in [0.1, 0.15) is 53.4 Å². The predicted octanol–water partition coefficient (Wildman–Crippen LogP) is 2.77. The van der Waals surface area contributed by atoms with Crippen molar-refractivity contribution >= 4 is 5.97 Å². The fourth-order valence-corrected chi connectivity index (χ4v) is 5.48. The molecule has 8 atom stereocenters.